The first-order valence-electron chi connectivity index (χ1n) is 11.0. The second kappa shape index (κ2) is 13.6. The van der Waals surface area contributed by atoms with Crippen LogP contribution in [0.5, 0.6) is 5.75 Å². The quantitative estimate of drug-likeness (QED) is 0.262. The summed E-state index contributed by atoms with van der Waals surface area (Å²) in [6, 6.07) is 5.52. The molecule has 0 aliphatic heterocycles. The number of amides is 2. The molecule has 10 heteroatoms. The normalized spacial score (nSPS) is 14.5. The number of carbonyl (C=O) groups is 2. The number of unbranched alkanes of at least 4 members (excludes halogenated alkanes) is 1. The second-order valence-electron chi connectivity index (χ2n) is 8.32. The van der Waals surface area contributed by atoms with E-state index in [4.69, 9.17) is 4.74 Å². The molecule has 1 aromatic rings. The molecule has 1 aromatic carbocycles. The molecule has 1 rings (SSSR count). The van der Waals surface area contributed by atoms with Gasteiger partial charge in [0.05, 0.1) is 13.2 Å². The molecule has 3 atom stereocenters. The highest BCUT2D eigenvalue weighted by Crippen LogP contribution is 2.42. The van der Waals surface area contributed by atoms with Crippen LogP contribution in [0.25, 0.3) is 0 Å². The van der Waals surface area contributed by atoms with Crippen LogP contribution in [0.15, 0.2) is 24.3 Å². The van der Waals surface area contributed by atoms with Crippen LogP contribution in [-0.4, -0.2) is 53.6 Å². The summed E-state index contributed by atoms with van der Waals surface area (Å²) in [5.74, 6) is -1.14. The van der Waals surface area contributed by atoms with Crippen molar-refractivity contribution in [3.8, 4) is 5.75 Å². The van der Waals surface area contributed by atoms with Crippen LogP contribution in [0.4, 0.5) is 0 Å². The SMILES string of the molecule is CCCC[C@H](N[C@@H](CC(C)C)C(=O)N[C@@H](Cc1ccc(OC)cc1)C(=O)NC)P(=O)(O)O. The average Bonchev–Trinajstić information content (AvgIpc) is 2.74. The van der Waals surface area contributed by atoms with Gasteiger partial charge in [-0.2, -0.15) is 0 Å². The number of methoxy groups -OCH3 is 1. The Bertz CT molecular complexity index is 765. The van der Waals surface area contributed by atoms with Crippen molar-refractivity contribution in [2.45, 2.75) is 70.7 Å². The number of hydrogen-bond donors (Lipinski definition) is 5. The van der Waals surface area contributed by atoms with Gasteiger partial charge in [-0.25, -0.2) is 0 Å². The maximum absolute atomic E-state index is 13.1. The van der Waals surface area contributed by atoms with Gasteiger partial charge in [-0.15, -0.1) is 0 Å². The van der Waals surface area contributed by atoms with E-state index in [9.17, 15) is 23.9 Å². The molecule has 0 unspecified atom stereocenters. The Morgan fingerprint density at radius 2 is 1.72 bits per heavy atom. The Morgan fingerprint density at radius 3 is 2.19 bits per heavy atom. The van der Waals surface area contributed by atoms with Crippen molar-refractivity contribution >= 4 is 19.4 Å². The van der Waals surface area contributed by atoms with E-state index in [1.807, 2.05) is 32.9 Å². The fourth-order valence-electron chi connectivity index (χ4n) is 3.35. The monoisotopic (exact) mass is 471 g/mol. The lowest BCUT2D eigenvalue weighted by Crippen LogP contribution is -2.55. The molecule has 5 N–H and O–H groups in total. The van der Waals surface area contributed by atoms with Crippen LogP contribution in [-0.2, 0) is 20.6 Å². The number of rotatable bonds is 14. The van der Waals surface area contributed by atoms with Gasteiger partial charge in [0.2, 0.25) is 11.8 Å². The highest BCUT2D eigenvalue weighted by molar-refractivity contribution is 7.52. The molecule has 182 valence electrons. The predicted octanol–water partition coefficient (Wildman–Crippen LogP) is 2.17. The zero-order valence-electron chi connectivity index (χ0n) is 19.6. The molecule has 0 bridgehead atoms. The Balaban J connectivity index is 3.03. The van der Waals surface area contributed by atoms with E-state index in [0.717, 1.165) is 12.0 Å². The topological polar surface area (TPSA) is 137 Å². The van der Waals surface area contributed by atoms with Gasteiger partial charge in [-0.3, -0.25) is 19.5 Å². The van der Waals surface area contributed by atoms with Gasteiger partial charge >= 0.3 is 7.60 Å². The Hall–Kier alpha value is -1.93. The maximum Gasteiger partial charge on any atom is 0.342 e. The first kappa shape index (κ1) is 28.1. The van der Waals surface area contributed by atoms with Gasteiger partial charge in [-0.05, 0) is 36.5 Å². The minimum atomic E-state index is -4.45. The summed E-state index contributed by atoms with van der Waals surface area (Å²) in [4.78, 5) is 45.1. The predicted molar refractivity (Wildman–Crippen MR) is 124 cm³/mol. The molecule has 2 amide bonds. The summed E-state index contributed by atoms with van der Waals surface area (Å²) in [5.41, 5.74) is 0.837. The Labute approximate surface area is 190 Å². The van der Waals surface area contributed by atoms with Gasteiger partial charge < -0.3 is 25.2 Å². The van der Waals surface area contributed by atoms with Gasteiger partial charge in [0, 0.05) is 13.5 Å². The first-order chi connectivity index (χ1) is 15.0. The molecule has 9 nitrogen and oxygen atoms in total. The van der Waals surface area contributed by atoms with E-state index >= 15 is 0 Å². The van der Waals surface area contributed by atoms with E-state index < -0.39 is 31.4 Å². The maximum atomic E-state index is 13.1. The largest absolute Gasteiger partial charge is 0.497 e. The molecule has 0 spiro atoms. The molecule has 32 heavy (non-hydrogen) atoms. The van der Waals surface area contributed by atoms with Gasteiger partial charge in [0.1, 0.15) is 17.6 Å². The van der Waals surface area contributed by atoms with E-state index in [1.54, 1.807) is 19.2 Å². The molecule has 0 aliphatic rings. The van der Waals surface area contributed by atoms with E-state index in [-0.39, 0.29) is 24.7 Å². The number of carbonyl (C=O) groups excluding carboxylic acids is 2. The summed E-state index contributed by atoms with van der Waals surface area (Å²) < 4.78 is 17.1. The van der Waals surface area contributed by atoms with Crippen LogP contribution in [0, 0.1) is 5.92 Å². The third-order valence-corrected chi connectivity index (χ3v) is 6.35. The molecule has 0 heterocycles. The van der Waals surface area contributed by atoms with Crippen molar-refractivity contribution in [2.24, 2.45) is 5.92 Å². The smallest absolute Gasteiger partial charge is 0.342 e. The number of ether oxygens (including phenoxy) is 1. The van der Waals surface area contributed by atoms with Gasteiger partial charge in [-0.1, -0.05) is 45.7 Å². The minimum absolute atomic E-state index is 0.0990. The average molecular weight is 472 g/mol. The molecule has 0 radical (unpaired) electrons. The number of hydrogen-bond acceptors (Lipinski definition) is 5. The lowest BCUT2D eigenvalue weighted by atomic mass is 10.0. The van der Waals surface area contributed by atoms with Crippen molar-refractivity contribution < 1.29 is 28.7 Å². The third-order valence-electron chi connectivity index (χ3n) is 5.13. The van der Waals surface area contributed by atoms with Crippen LogP contribution in [0.2, 0.25) is 0 Å². The summed E-state index contributed by atoms with van der Waals surface area (Å²) in [6.07, 6.45) is 2.29. The minimum Gasteiger partial charge on any atom is -0.497 e. The highest BCUT2D eigenvalue weighted by Gasteiger charge is 2.34. The molecular formula is C22H38N3O6P. The summed E-state index contributed by atoms with van der Waals surface area (Å²) >= 11 is 0. The summed E-state index contributed by atoms with van der Waals surface area (Å²) in [7, 11) is -1.39. The molecule has 0 aromatic heterocycles. The number of likely N-dealkylation sites (N-methyl/N-ethyl adjacent to an activating group) is 1. The van der Waals surface area contributed by atoms with Crippen molar-refractivity contribution in [1.82, 2.24) is 16.0 Å². The fraction of sp³-hybridized carbons (Fsp3) is 0.636. The third kappa shape index (κ3) is 9.69. The Kier molecular flexibility index (Phi) is 11.9. The van der Waals surface area contributed by atoms with Gasteiger partial charge in [0.25, 0.3) is 0 Å². The zero-order valence-corrected chi connectivity index (χ0v) is 20.5. The van der Waals surface area contributed by atoms with Crippen LogP contribution in [0.1, 0.15) is 52.0 Å². The van der Waals surface area contributed by atoms with Crippen molar-refractivity contribution in [3.63, 3.8) is 0 Å². The van der Waals surface area contributed by atoms with Crippen LogP contribution < -0.4 is 20.7 Å². The summed E-state index contributed by atoms with van der Waals surface area (Å²) in [5, 5.41) is 8.21. The second-order valence-corrected chi connectivity index (χ2v) is 10.1. The number of benzene rings is 1. The van der Waals surface area contributed by atoms with Crippen molar-refractivity contribution in [1.29, 1.82) is 0 Å². The standard InChI is InChI=1S/C22H38N3O6P/c1-6-7-8-20(32(28,29)30)24-18(13-15(2)3)22(27)25-19(21(26)23-4)14-16-9-11-17(31-5)12-10-16/h9-12,15,18-20,24H,6-8,13-14H2,1-5H3,(H,23,26)(H,25,27)(H2,28,29,30)/t18-,19-,20+/m0/s1. The van der Waals surface area contributed by atoms with Gasteiger partial charge in [0.15, 0.2) is 0 Å². The lowest BCUT2D eigenvalue weighted by Gasteiger charge is -2.28. The highest BCUT2D eigenvalue weighted by atomic mass is 31.2. The fourth-order valence-corrected chi connectivity index (χ4v) is 4.25. The zero-order chi connectivity index (χ0) is 24.3. The van der Waals surface area contributed by atoms with Crippen molar-refractivity contribution in [3.05, 3.63) is 29.8 Å². The van der Waals surface area contributed by atoms with E-state index in [1.165, 1.54) is 7.05 Å². The molecule has 0 saturated heterocycles. The van der Waals surface area contributed by atoms with E-state index in [2.05, 4.69) is 16.0 Å². The Morgan fingerprint density at radius 1 is 1.09 bits per heavy atom. The molecule has 0 aliphatic carbocycles. The molecular weight excluding hydrogens is 433 g/mol. The number of nitrogens with one attached hydrogen (secondary N) is 3. The molecule has 0 saturated carbocycles. The van der Waals surface area contributed by atoms with Crippen molar-refractivity contribution in [2.75, 3.05) is 14.2 Å². The first-order valence-corrected chi connectivity index (χ1v) is 12.7. The van der Waals surface area contributed by atoms with E-state index in [0.29, 0.717) is 18.6 Å². The van der Waals surface area contributed by atoms with Crippen LogP contribution >= 0.6 is 7.60 Å². The van der Waals surface area contributed by atoms with Crippen LogP contribution in [0.3, 0.4) is 0 Å². The summed E-state index contributed by atoms with van der Waals surface area (Å²) in [6.45, 7) is 5.78. The lowest BCUT2D eigenvalue weighted by molar-refractivity contribution is -0.130. The molecule has 0 fully saturated rings.